The van der Waals surface area contributed by atoms with Gasteiger partial charge in [0.25, 0.3) is 0 Å². The van der Waals surface area contributed by atoms with Crippen molar-refractivity contribution in [2.75, 3.05) is 20.1 Å². The molecule has 2 N–H and O–H groups in total. The summed E-state index contributed by atoms with van der Waals surface area (Å²) >= 11 is 0. The second kappa shape index (κ2) is 14.2. The molecule has 0 spiro atoms. The molecular formula is C27H39N5O3. The second-order valence-corrected chi connectivity index (χ2v) is 8.77. The number of hydrogen-bond donors (Lipinski definition) is 2. The summed E-state index contributed by atoms with van der Waals surface area (Å²) in [6.45, 7) is 9.14. The van der Waals surface area contributed by atoms with Crippen LogP contribution in [0.5, 0.6) is 0 Å². The standard InChI is InChI=1S/C27H39N5O3/c1-6-20(3)19-32(26(34)7-2)24-13-10-12-22(30-21(4)33)17-25(24)31(5)27(35)14-16-28-18-23-11-8-9-15-29-23/h8-9,11-13,15,17,20,28H,6-7,10,14,16,18-19H2,1-5H3,(H,30,33). The van der Waals surface area contributed by atoms with Crippen molar-refractivity contribution in [1.29, 1.82) is 0 Å². The molecule has 8 nitrogen and oxygen atoms in total. The van der Waals surface area contributed by atoms with E-state index in [4.69, 9.17) is 0 Å². The van der Waals surface area contributed by atoms with Gasteiger partial charge in [0, 0.05) is 58.3 Å². The SMILES string of the molecule is CCC(=O)N(CC(C)CC)C1=CCC=C(NC(C)=O)C=C1N(C)C(=O)CCNCc1ccccn1. The van der Waals surface area contributed by atoms with Crippen LogP contribution in [0.15, 0.2) is 59.7 Å². The van der Waals surface area contributed by atoms with Crippen LogP contribution in [-0.2, 0) is 20.9 Å². The zero-order chi connectivity index (χ0) is 25.8. The lowest BCUT2D eigenvalue weighted by atomic mass is 10.1. The highest BCUT2D eigenvalue weighted by atomic mass is 16.2. The molecule has 1 atom stereocenters. The molecule has 8 heteroatoms. The van der Waals surface area contributed by atoms with Crippen molar-refractivity contribution < 1.29 is 14.4 Å². The van der Waals surface area contributed by atoms with Gasteiger partial charge in [0.15, 0.2) is 0 Å². The van der Waals surface area contributed by atoms with E-state index in [1.165, 1.54) is 6.92 Å². The fourth-order valence-corrected chi connectivity index (χ4v) is 3.67. The number of carbonyl (C=O) groups excluding carboxylic acids is 3. The predicted molar refractivity (Wildman–Crippen MR) is 137 cm³/mol. The van der Waals surface area contributed by atoms with Crippen molar-refractivity contribution in [3.05, 3.63) is 65.4 Å². The first kappa shape index (κ1) is 28.0. The van der Waals surface area contributed by atoms with Gasteiger partial charge in [-0.3, -0.25) is 19.4 Å². The highest BCUT2D eigenvalue weighted by Gasteiger charge is 2.27. The average molecular weight is 482 g/mol. The minimum atomic E-state index is -0.191. The maximum absolute atomic E-state index is 13.2. The Kier molecular flexibility index (Phi) is 11.4. The van der Waals surface area contributed by atoms with Crippen molar-refractivity contribution in [3.8, 4) is 0 Å². The first-order chi connectivity index (χ1) is 16.8. The van der Waals surface area contributed by atoms with Gasteiger partial charge >= 0.3 is 0 Å². The minimum absolute atomic E-state index is 0.00306. The van der Waals surface area contributed by atoms with Crippen molar-refractivity contribution in [2.24, 2.45) is 5.92 Å². The molecule has 3 amide bonds. The number of aromatic nitrogens is 1. The van der Waals surface area contributed by atoms with Gasteiger partial charge in [-0.05, 0) is 30.5 Å². The topological polar surface area (TPSA) is 94.6 Å². The Morgan fingerprint density at radius 3 is 2.51 bits per heavy atom. The molecule has 1 aromatic rings. The van der Waals surface area contributed by atoms with Crippen LogP contribution in [0.3, 0.4) is 0 Å². The van der Waals surface area contributed by atoms with Gasteiger partial charge in [-0.2, -0.15) is 0 Å². The molecule has 0 aliphatic heterocycles. The zero-order valence-electron chi connectivity index (χ0n) is 21.6. The molecule has 35 heavy (non-hydrogen) atoms. The van der Waals surface area contributed by atoms with Gasteiger partial charge in [-0.15, -0.1) is 0 Å². The summed E-state index contributed by atoms with van der Waals surface area (Å²) in [5, 5.41) is 6.08. The van der Waals surface area contributed by atoms with E-state index in [0.29, 0.717) is 55.5 Å². The number of nitrogens with zero attached hydrogens (tertiary/aromatic N) is 3. The average Bonchev–Trinajstić information content (AvgIpc) is 3.06. The molecule has 0 aromatic carbocycles. The molecule has 0 radical (unpaired) electrons. The van der Waals surface area contributed by atoms with Crippen LogP contribution in [0.1, 0.15) is 59.1 Å². The third-order valence-electron chi connectivity index (χ3n) is 5.89. The van der Waals surface area contributed by atoms with Gasteiger partial charge in [0.1, 0.15) is 0 Å². The summed E-state index contributed by atoms with van der Waals surface area (Å²) in [6.07, 6.45) is 9.48. The monoisotopic (exact) mass is 481 g/mol. The van der Waals surface area contributed by atoms with Gasteiger partial charge in [-0.25, -0.2) is 0 Å². The summed E-state index contributed by atoms with van der Waals surface area (Å²) in [5.74, 6) is 0.0232. The van der Waals surface area contributed by atoms with Crippen LogP contribution >= 0.6 is 0 Å². The molecule has 1 unspecified atom stereocenters. The molecule has 1 aliphatic carbocycles. The van der Waals surface area contributed by atoms with Crippen LogP contribution in [0.25, 0.3) is 0 Å². The van der Waals surface area contributed by atoms with Crippen LogP contribution in [0.2, 0.25) is 0 Å². The van der Waals surface area contributed by atoms with E-state index in [1.54, 1.807) is 29.1 Å². The maximum Gasteiger partial charge on any atom is 0.228 e. The van der Waals surface area contributed by atoms with E-state index in [9.17, 15) is 14.4 Å². The van der Waals surface area contributed by atoms with Crippen molar-refractivity contribution in [1.82, 2.24) is 25.4 Å². The molecule has 0 saturated heterocycles. The summed E-state index contributed by atoms with van der Waals surface area (Å²) in [4.78, 5) is 45.5. The van der Waals surface area contributed by atoms with Crippen LogP contribution < -0.4 is 10.6 Å². The van der Waals surface area contributed by atoms with E-state index < -0.39 is 0 Å². The lowest BCUT2D eigenvalue weighted by Gasteiger charge is -2.32. The summed E-state index contributed by atoms with van der Waals surface area (Å²) < 4.78 is 0. The summed E-state index contributed by atoms with van der Waals surface area (Å²) in [7, 11) is 1.72. The molecule has 1 heterocycles. The van der Waals surface area contributed by atoms with E-state index in [-0.39, 0.29) is 24.1 Å². The number of likely N-dealkylation sites (N-methyl/N-ethyl adjacent to an activating group) is 1. The van der Waals surface area contributed by atoms with E-state index in [2.05, 4.69) is 29.5 Å². The van der Waals surface area contributed by atoms with Crippen molar-refractivity contribution in [2.45, 2.75) is 59.9 Å². The molecular weight excluding hydrogens is 442 g/mol. The Hall–Kier alpha value is -3.26. The number of nitrogens with one attached hydrogen (secondary N) is 2. The molecule has 2 rings (SSSR count). The molecule has 190 valence electrons. The van der Waals surface area contributed by atoms with Crippen LogP contribution in [-0.4, -0.2) is 52.6 Å². The van der Waals surface area contributed by atoms with Crippen LogP contribution in [0.4, 0.5) is 0 Å². The number of hydrogen-bond acceptors (Lipinski definition) is 5. The van der Waals surface area contributed by atoms with Crippen molar-refractivity contribution in [3.63, 3.8) is 0 Å². The lowest BCUT2D eigenvalue weighted by Crippen LogP contribution is -2.39. The fourth-order valence-electron chi connectivity index (χ4n) is 3.67. The smallest absolute Gasteiger partial charge is 0.228 e. The highest BCUT2D eigenvalue weighted by molar-refractivity contribution is 5.82. The van der Waals surface area contributed by atoms with E-state index >= 15 is 0 Å². The van der Waals surface area contributed by atoms with Gasteiger partial charge < -0.3 is 20.4 Å². The Bertz CT molecular complexity index is 968. The highest BCUT2D eigenvalue weighted by Crippen LogP contribution is 2.26. The fraction of sp³-hybridized carbons (Fsp3) is 0.481. The second-order valence-electron chi connectivity index (χ2n) is 8.77. The maximum atomic E-state index is 13.2. The van der Waals surface area contributed by atoms with E-state index in [0.717, 1.165) is 12.1 Å². The predicted octanol–water partition coefficient (Wildman–Crippen LogP) is 3.50. The summed E-state index contributed by atoms with van der Waals surface area (Å²) in [5.41, 5.74) is 2.82. The Labute approximate surface area is 209 Å². The number of carbonyl (C=O) groups is 3. The van der Waals surface area contributed by atoms with Gasteiger partial charge in [0.2, 0.25) is 17.7 Å². The Morgan fingerprint density at radius 2 is 1.89 bits per heavy atom. The first-order valence-electron chi connectivity index (χ1n) is 12.3. The summed E-state index contributed by atoms with van der Waals surface area (Å²) in [6, 6.07) is 5.73. The van der Waals surface area contributed by atoms with Gasteiger partial charge in [0.05, 0.1) is 17.1 Å². The quantitative estimate of drug-likeness (QED) is 0.446. The minimum Gasteiger partial charge on any atom is -0.327 e. The molecule has 0 fully saturated rings. The number of rotatable bonds is 12. The zero-order valence-corrected chi connectivity index (χ0v) is 21.6. The van der Waals surface area contributed by atoms with Gasteiger partial charge in [-0.1, -0.05) is 45.4 Å². The molecule has 0 bridgehead atoms. The normalized spacial score (nSPS) is 14.1. The number of allylic oxidation sites excluding steroid dienone is 3. The molecule has 1 aliphatic rings. The molecule has 1 aromatic heterocycles. The molecule has 0 saturated carbocycles. The van der Waals surface area contributed by atoms with Crippen LogP contribution in [0, 0.1) is 5.92 Å². The Morgan fingerprint density at radius 1 is 1.11 bits per heavy atom. The third-order valence-corrected chi connectivity index (χ3v) is 5.89. The third kappa shape index (κ3) is 8.79. The number of pyridine rings is 1. The van der Waals surface area contributed by atoms with Crippen molar-refractivity contribution >= 4 is 17.7 Å². The lowest BCUT2D eigenvalue weighted by molar-refractivity contribution is -0.131. The Balaban J connectivity index is 2.24. The first-order valence-corrected chi connectivity index (χ1v) is 12.3. The van der Waals surface area contributed by atoms with E-state index in [1.807, 2.05) is 37.3 Å². The number of amides is 3. The largest absolute Gasteiger partial charge is 0.327 e.